The number of allylic oxidation sites excluding steroid dienone is 1. The summed E-state index contributed by atoms with van der Waals surface area (Å²) in [4.78, 5) is 4.48. The van der Waals surface area contributed by atoms with Crippen molar-refractivity contribution < 1.29 is 0 Å². The van der Waals surface area contributed by atoms with E-state index in [1.54, 1.807) is 0 Å². The fourth-order valence-electron chi connectivity index (χ4n) is 2.63. The van der Waals surface area contributed by atoms with Gasteiger partial charge in [-0.3, -0.25) is 4.99 Å². The molecule has 0 saturated heterocycles. The summed E-state index contributed by atoms with van der Waals surface area (Å²) < 4.78 is 2.11. The number of fused-ring (bicyclic) bond motifs is 2. The van der Waals surface area contributed by atoms with Crippen LogP contribution in [0.25, 0.3) is 11.8 Å². The van der Waals surface area contributed by atoms with Crippen molar-refractivity contribution in [3.05, 3.63) is 48.3 Å². The summed E-state index contributed by atoms with van der Waals surface area (Å²) >= 11 is 0. The fraction of sp³-hybridized carbons (Fsp3) is 0.214. The highest BCUT2D eigenvalue weighted by molar-refractivity contribution is 6.14. The third-order valence-corrected chi connectivity index (χ3v) is 3.43. The molecule has 0 aromatic carbocycles. The minimum Gasteiger partial charge on any atom is -0.328 e. The molecule has 1 aliphatic carbocycles. The highest BCUT2D eigenvalue weighted by Crippen LogP contribution is 2.36. The van der Waals surface area contributed by atoms with Crippen LogP contribution in [0.2, 0.25) is 0 Å². The average Bonchev–Trinajstić information content (AvgIpc) is 2.91. The van der Waals surface area contributed by atoms with Gasteiger partial charge in [-0.15, -0.1) is 6.58 Å². The predicted octanol–water partition coefficient (Wildman–Crippen LogP) is 2.93. The van der Waals surface area contributed by atoms with E-state index in [0.717, 1.165) is 12.8 Å². The van der Waals surface area contributed by atoms with Crippen LogP contribution in [0.3, 0.4) is 0 Å². The van der Waals surface area contributed by atoms with Crippen LogP contribution in [-0.2, 0) is 6.42 Å². The van der Waals surface area contributed by atoms with Crippen molar-refractivity contribution in [2.24, 2.45) is 4.99 Å². The van der Waals surface area contributed by atoms with Crippen LogP contribution >= 0.6 is 0 Å². The minimum absolute atomic E-state index is 0.204. The number of aromatic nitrogens is 1. The Balaban J connectivity index is 2.16. The summed E-state index contributed by atoms with van der Waals surface area (Å²) in [6.07, 6.45) is 10.0. The number of hydrogen-bond acceptors (Lipinski definition) is 1. The lowest BCUT2D eigenvalue weighted by atomic mass is 9.88. The Morgan fingerprint density at radius 2 is 2.25 bits per heavy atom. The highest BCUT2D eigenvalue weighted by atomic mass is 14.9. The van der Waals surface area contributed by atoms with Crippen molar-refractivity contribution in [3.63, 3.8) is 0 Å². The van der Waals surface area contributed by atoms with Crippen molar-refractivity contribution in [3.8, 4) is 0 Å². The van der Waals surface area contributed by atoms with Crippen molar-refractivity contribution in [2.45, 2.75) is 18.9 Å². The summed E-state index contributed by atoms with van der Waals surface area (Å²) in [6, 6.07) is 2.36. The average molecular weight is 210 g/mol. The lowest BCUT2D eigenvalue weighted by Gasteiger charge is -2.18. The normalized spacial score (nSPS) is 21.9. The van der Waals surface area contributed by atoms with Crippen molar-refractivity contribution in [1.29, 1.82) is 0 Å². The fourth-order valence-corrected chi connectivity index (χ4v) is 2.63. The largest absolute Gasteiger partial charge is 0.328 e. The van der Waals surface area contributed by atoms with E-state index in [9.17, 15) is 0 Å². The van der Waals surface area contributed by atoms with Gasteiger partial charge < -0.3 is 4.57 Å². The van der Waals surface area contributed by atoms with Gasteiger partial charge in [0.25, 0.3) is 0 Å². The van der Waals surface area contributed by atoms with Gasteiger partial charge in [0.15, 0.2) is 0 Å². The van der Waals surface area contributed by atoms with E-state index in [2.05, 4.69) is 35.0 Å². The zero-order valence-electron chi connectivity index (χ0n) is 9.19. The Morgan fingerprint density at radius 1 is 1.38 bits per heavy atom. The van der Waals surface area contributed by atoms with Gasteiger partial charge in [0.1, 0.15) is 0 Å². The first-order chi connectivity index (χ1) is 7.85. The molecule has 1 aromatic rings. The number of aliphatic imine (C=N–C) groups is 1. The Kier molecular flexibility index (Phi) is 1.96. The molecule has 2 aliphatic rings. The molecule has 16 heavy (non-hydrogen) atoms. The molecular formula is C14H14N2. The molecule has 0 fully saturated rings. The zero-order valence-corrected chi connectivity index (χ0v) is 9.19. The molecule has 0 N–H and O–H groups in total. The van der Waals surface area contributed by atoms with E-state index < -0.39 is 0 Å². The summed E-state index contributed by atoms with van der Waals surface area (Å²) in [6.45, 7) is 7.67. The first kappa shape index (κ1) is 9.40. The maximum atomic E-state index is 4.48. The first-order valence-corrected chi connectivity index (χ1v) is 5.56. The van der Waals surface area contributed by atoms with E-state index in [4.69, 9.17) is 0 Å². The Morgan fingerprint density at radius 3 is 3.00 bits per heavy atom. The van der Waals surface area contributed by atoms with Gasteiger partial charge in [-0.1, -0.05) is 12.7 Å². The molecule has 2 heterocycles. The van der Waals surface area contributed by atoms with Crippen molar-refractivity contribution in [1.82, 2.24) is 4.57 Å². The van der Waals surface area contributed by atoms with Gasteiger partial charge in [-0.25, -0.2) is 0 Å². The summed E-state index contributed by atoms with van der Waals surface area (Å²) in [5.74, 6) is 0. The van der Waals surface area contributed by atoms with Gasteiger partial charge >= 0.3 is 0 Å². The van der Waals surface area contributed by atoms with E-state index in [1.165, 1.54) is 22.4 Å². The molecule has 0 bridgehead atoms. The molecule has 2 nitrogen and oxygen atoms in total. The molecule has 80 valence electrons. The Hall–Kier alpha value is -1.83. The SMILES string of the molecule is C=CC1N=CC2=C1CCc1c2ccn1C=C. The van der Waals surface area contributed by atoms with Crippen LogP contribution in [0.1, 0.15) is 17.7 Å². The molecule has 2 heteroatoms. The quantitative estimate of drug-likeness (QED) is 0.668. The van der Waals surface area contributed by atoms with Gasteiger partial charge in [0.05, 0.1) is 6.04 Å². The molecule has 1 aliphatic heterocycles. The molecule has 0 spiro atoms. The summed E-state index contributed by atoms with van der Waals surface area (Å²) in [7, 11) is 0. The molecule has 0 amide bonds. The van der Waals surface area contributed by atoms with Crippen LogP contribution in [0, 0.1) is 0 Å². The first-order valence-electron chi connectivity index (χ1n) is 5.56. The Bertz CT molecular complexity index is 529. The Labute approximate surface area is 95.3 Å². The topological polar surface area (TPSA) is 17.3 Å². The van der Waals surface area contributed by atoms with Crippen LogP contribution in [0.4, 0.5) is 0 Å². The van der Waals surface area contributed by atoms with E-state index in [-0.39, 0.29) is 6.04 Å². The molecule has 1 aromatic heterocycles. The predicted molar refractivity (Wildman–Crippen MR) is 68.5 cm³/mol. The smallest absolute Gasteiger partial charge is 0.0897 e. The zero-order chi connectivity index (χ0) is 11.1. The molecule has 0 radical (unpaired) electrons. The second-order valence-corrected chi connectivity index (χ2v) is 4.16. The third kappa shape index (κ3) is 1.10. The maximum Gasteiger partial charge on any atom is 0.0897 e. The third-order valence-electron chi connectivity index (χ3n) is 3.43. The number of nitrogens with zero attached hydrogens (tertiary/aromatic N) is 2. The maximum absolute atomic E-state index is 4.48. The summed E-state index contributed by atoms with van der Waals surface area (Å²) in [5.41, 5.74) is 5.38. The molecule has 1 atom stereocenters. The second-order valence-electron chi connectivity index (χ2n) is 4.16. The van der Waals surface area contributed by atoms with Gasteiger partial charge in [-0.2, -0.15) is 0 Å². The number of hydrogen-bond donors (Lipinski definition) is 0. The van der Waals surface area contributed by atoms with Crippen molar-refractivity contribution >= 4 is 18.0 Å². The van der Waals surface area contributed by atoms with Gasteiger partial charge in [0, 0.05) is 35.4 Å². The van der Waals surface area contributed by atoms with Gasteiger partial charge in [0.2, 0.25) is 0 Å². The molecule has 3 rings (SSSR count). The van der Waals surface area contributed by atoms with Crippen molar-refractivity contribution in [2.75, 3.05) is 0 Å². The molecule has 1 unspecified atom stereocenters. The van der Waals surface area contributed by atoms with Crippen LogP contribution in [-0.4, -0.2) is 16.8 Å². The molecule has 0 saturated carbocycles. The lowest BCUT2D eigenvalue weighted by molar-refractivity contribution is 0.809. The van der Waals surface area contributed by atoms with E-state index in [0.29, 0.717) is 0 Å². The summed E-state index contributed by atoms with van der Waals surface area (Å²) in [5, 5.41) is 0. The monoisotopic (exact) mass is 210 g/mol. The second kappa shape index (κ2) is 3.34. The number of rotatable bonds is 2. The van der Waals surface area contributed by atoms with Gasteiger partial charge in [-0.05, 0) is 24.5 Å². The van der Waals surface area contributed by atoms with Crippen LogP contribution in [0.5, 0.6) is 0 Å². The van der Waals surface area contributed by atoms with E-state index in [1.807, 2.05) is 18.5 Å². The minimum atomic E-state index is 0.204. The standard InChI is InChI=1S/C14H14N2/c1-3-13-10-5-6-14-11(12(10)9-15-13)7-8-16(14)4-2/h3-4,7-9,13H,1-2,5-6H2. The lowest BCUT2D eigenvalue weighted by Crippen LogP contribution is -2.10. The van der Waals surface area contributed by atoms with Crippen LogP contribution < -0.4 is 0 Å². The molecular weight excluding hydrogens is 196 g/mol. The van der Waals surface area contributed by atoms with E-state index >= 15 is 0 Å². The van der Waals surface area contributed by atoms with Crippen LogP contribution in [0.15, 0.2) is 42.1 Å². The highest BCUT2D eigenvalue weighted by Gasteiger charge is 2.27.